The molecule has 4 rings (SSSR count). The molecule has 1 aromatic carbocycles. The summed E-state index contributed by atoms with van der Waals surface area (Å²) in [6, 6.07) is 9.67. The highest BCUT2D eigenvalue weighted by Gasteiger charge is 2.32. The van der Waals surface area contributed by atoms with Gasteiger partial charge in [0.1, 0.15) is 0 Å². The van der Waals surface area contributed by atoms with Crippen molar-refractivity contribution in [1.29, 1.82) is 0 Å². The Labute approximate surface area is 186 Å². The van der Waals surface area contributed by atoms with Crippen molar-refractivity contribution >= 4 is 17.6 Å². The summed E-state index contributed by atoms with van der Waals surface area (Å²) in [7, 11) is 0. The van der Waals surface area contributed by atoms with E-state index in [9.17, 15) is 4.79 Å². The van der Waals surface area contributed by atoms with E-state index in [1.807, 2.05) is 37.3 Å². The molecule has 1 N–H and O–H groups in total. The number of aliphatic carboxylic acids is 1. The molecule has 31 heavy (non-hydrogen) atoms. The lowest BCUT2D eigenvalue weighted by Gasteiger charge is -2.36. The lowest BCUT2D eigenvalue weighted by atomic mass is 10.0. The van der Waals surface area contributed by atoms with E-state index in [0.29, 0.717) is 42.3 Å². The summed E-state index contributed by atoms with van der Waals surface area (Å²) in [5.74, 6) is 0.405. The second kappa shape index (κ2) is 8.77. The number of benzene rings is 1. The first-order valence-electron chi connectivity index (χ1n) is 10.3. The van der Waals surface area contributed by atoms with Gasteiger partial charge in [0.05, 0.1) is 11.6 Å². The fourth-order valence-electron chi connectivity index (χ4n) is 3.76. The van der Waals surface area contributed by atoms with Crippen molar-refractivity contribution < 1.29 is 14.4 Å². The van der Waals surface area contributed by atoms with Crippen LogP contribution in [0.4, 0.5) is 0 Å². The summed E-state index contributed by atoms with van der Waals surface area (Å²) in [6.45, 7) is 7.97. The maximum Gasteiger partial charge on any atom is 0.309 e. The monoisotopic (exact) mass is 440 g/mol. The zero-order valence-electron chi connectivity index (χ0n) is 17.8. The van der Waals surface area contributed by atoms with Gasteiger partial charge in [0, 0.05) is 41.5 Å². The van der Waals surface area contributed by atoms with Gasteiger partial charge in [-0.3, -0.25) is 14.7 Å². The molecule has 0 amide bonds. The number of pyridine rings is 1. The molecule has 1 aliphatic rings. The number of hydrogen-bond acceptors (Lipinski definition) is 6. The molecule has 3 heterocycles. The fourth-order valence-corrected chi connectivity index (χ4v) is 4.02. The van der Waals surface area contributed by atoms with E-state index in [-0.39, 0.29) is 5.92 Å². The van der Waals surface area contributed by atoms with Crippen LogP contribution in [-0.2, 0) is 17.8 Å². The first-order chi connectivity index (χ1) is 14.8. The molecule has 0 unspecified atom stereocenters. The van der Waals surface area contributed by atoms with E-state index in [4.69, 9.17) is 21.2 Å². The predicted octanol–water partition coefficient (Wildman–Crippen LogP) is 4.48. The highest BCUT2D eigenvalue weighted by atomic mass is 35.5. The smallest absolute Gasteiger partial charge is 0.309 e. The Balaban J connectivity index is 1.48. The van der Waals surface area contributed by atoms with Gasteiger partial charge in [0.15, 0.2) is 0 Å². The van der Waals surface area contributed by atoms with Crippen LogP contribution in [0.5, 0.6) is 0 Å². The maximum atomic E-state index is 10.9. The van der Waals surface area contributed by atoms with Crippen molar-refractivity contribution in [2.75, 3.05) is 13.1 Å². The standard InChI is InChI=1S/C23H25ClN4O3/c1-13(2)8-15-4-5-16(9-20(15)24)22-26-21(27-31-22)19-7-6-18(25-14(19)3)12-28-10-17(11-28)23(29)30/h4-7,9,13,17H,8,10-12H2,1-3H3,(H,29,30). The number of rotatable bonds is 7. The van der Waals surface area contributed by atoms with Crippen LogP contribution in [0.25, 0.3) is 22.8 Å². The number of aryl methyl sites for hydroxylation is 1. The Bertz CT molecular complexity index is 1110. The minimum atomic E-state index is -0.737. The summed E-state index contributed by atoms with van der Waals surface area (Å²) >= 11 is 6.44. The van der Waals surface area contributed by atoms with Crippen molar-refractivity contribution in [3.63, 3.8) is 0 Å². The third kappa shape index (κ3) is 4.78. The quantitative estimate of drug-likeness (QED) is 0.579. The summed E-state index contributed by atoms with van der Waals surface area (Å²) in [5.41, 5.74) is 4.37. The number of carbonyl (C=O) groups is 1. The molecule has 0 bridgehead atoms. The summed E-state index contributed by atoms with van der Waals surface area (Å²) in [5, 5.41) is 13.8. The van der Waals surface area contributed by atoms with Crippen LogP contribution in [-0.4, -0.2) is 44.2 Å². The lowest BCUT2D eigenvalue weighted by Crippen LogP contribution is -2.49. The van der Waals surface area contributed by atoms with Gasteiger partial charge in [-0.05, 0) is 49.1 Å². The minimum Gasteiger partial charge on any atom is -0.481 e. The van der Waals surface area contributed by atoms with E-state index in [2.05, 4.69) is 33.9 Å². The minimum absolute atomic E-state index is 0.272. The second-order valence-electron chi connectivity index (χ2n) is 8.49. The van der Waals surface area contributed by atoms with Crippen LogP contribution >= 0.6 is 11.6 Å². The van der Waals surface area contributed by atoms with Gasteiger partial charge in [0.2, 0.25) is 5.82 Å². The number of carboxylic acids is 1. The summed E-state index contributed by atoms with van der Waals surface area (Å²) in [4.78, 5) is 22.2. The zero-order chi connectivity index (χ0) is 22.1. The Morgan fingerprint density at radius 2 is 2.03 bits per heavy atom. The van der Waals surface area contributed by atoms with Crippen molar-refractivity contribution in [2.45, 2.75) is 33.7 Å². The van der Waals surface area contributed by atoms with Crippen LogP contribution in [0.3, 0.4) is 0 Å². The van der Waals surface area contributed by atoms with Gasteiger partial charge >= 0.3 is 5.97 Å². The maximum absolute atomic E-state index is 10.9. The summed E-state index contributed by atoms with van der Waals surface area (Å²) < 4.78 is 5.48. The molecule has 1 aliphatic heterocycles. The molecular weight excluding hydrogens is 416 g/mol. The van der Waals surface area contributed by atoms with Crippen molar-refractivity contribution in [3.8, 4) is 22.8 Å². The number of aromatic nitrogens is 3. The van der Waals surface area contributed by atoms with Gasteiger partial charge < -0.3 is 9.63 Å². The molecule has 0 radical (unpaired) electrons. The Kier molecular flexibility index (Phi) is 6.07. The third-order valence-corrected chi connectivity index (χ3v) is 5.78. The largest absolute Gasteiger partial charge is 0.481 e. The van der Waals surface area contributed by atoms with Gasteiger partial charge in [-0.2, -0.15) is 4.98 Å². The van der Waals surface area contributed by atoms with E-state index in [1.54, 1.807) is 0 Å². The molecule has 0 atom stereocenters. The highest BCUT2D eigenvalue weighted by Crippen LogP contribution is 2.29. The third-order valence-electron chi connectivity index (χ3n) is 5.43. The average Bonchev–Trinajstić information content (AvgIpc) is 3.15. The van der Waals surface area contributed by atoms with Crippen LogP contribution in [0.1, 0.15) is 30.8 Å². The van der Waals surface area contributed by atoms with Gasteiger partial charge in [-0.1, -0.05) is 36.7 Å². The Hall–Kier alpha value is -2.77. The van der Waals surface area contributed by atoms with Crippen molar-refractivity contribution in [1.82, 2.24) is 20.0 Å². The molecule has 162 valence electrons. The molecule has 0 aliphatic carbocycles. The SMILES string of the molecule is Cc1nc(CN2CC(C(=O)O)C2)ccc1-c1noc(-c2ccc(CC(C)C)c(Cl)c2)n1. The van der Waals surface area contributed by atoms with E-state index >= 15 is 0 Å². The fraction of sp³-hybridized carbons (Fsp3) is 0.391. The lowest BCUT2D eigenvalue weighted by molar-refractivity contribution is -0.147. The molecule has 0 saturated carbocycles. The number of halogens is 1. The van der Waals surface area contributed by atoms with Crippen molar-refractivity contribution in [3.05, 3.63) is 52.3 Å². The molecule has 0 spiro atoms. The highest BCUT2D eigenvalue weighted by molar-refractivity contribution is 6.31. The molecule has 8 heteroatoms. The Morgan fingerprint density at radius 3 is 2.68 bits per heavy atom. The molecular formula is C23H25ClN4O3. The summed E-state index contributed by atoms with van der Waals surface area (Å²) in [6.07, 6.45) is 0.916. The number of likely N-dealkylation sites (tertiary alicyclic amines) is 1. The van der Waals surface area contributed by atoms with E-state index < -0.39 is 5.97 Å². The molecule has 2 aromatic heterocycles. The molecule has 3 aromatic rings. The average molecular weight is 441 g/mol. The number of nitrogens with zero attached hydrogens (tertiary/aromatic N) is 4. The van der Waals surface area contributed by atoms with Gasteiger partial charge in [-0.25, -0.2) is 0 Å². The molecule has 1 saturated heterocycles. The molecule has 1 fully saturated rings. The van der Waals surface area contributed by atoms with Crippen molar-refractivity contribution in [2.24, 2.45) is 11.8 Å². The predicted molar refractivity (Wildman–Crippen MR) is 118 cm³/mol. The zero-order valence-corrected chi connectivity index (χ0v) is 18.6. The number of carboxylic acid groups (broad SMARTS) is 1. The normalized spacial score (nSPS) is 14.7. The second-order valence-corrected chi connectivity index (χ2v) is 8.90. The van der Waals surface area contributed by atoms with E-state index in [1.165, 1.54) is 0 Å². The van der Waals surface area contributed by atoms with Crippen LogP contribution in [0, 0.1) is 18.8 Å². The van der Waals surface area contributed by atoms with Gasteiger partial charge in [0.25, 0.3) is 5.89 Å². The van der Waals surface area contributed by atoms with Gasteiger partial charge in [-0.15, -0.1) is 0 Å². The first-order valence-corrected chi connectivity index (χ1v) is 10.7. The topological polar surface area (TPSA) is 92.4 Å². The molecule has 7 nitrogen and oxygen atoms in total. The number of hydrogen-bond donors (Lipinski definition) is 1. The first kappa shape index (κ1) is 21.5. The van der Waals surface area contributed by atoms with Crippen LogP contribution in [0.15, 0.2) is 34.9 Å². The van der Waals surface area contributed by atoms with Crippen LogP contribution < -0.4 is 0 Å². The van der Waals surface area contributed by atoms with Crippen LogP contribution in [0.2, 0.25) is 5.02 Å². The van der Waals surface area contributed by atoms with E-state index in [0.717, 1.165) is 34.5 Å². The Morgan fingerprint density at radius 1 is 1.26 bits per heavy atom.